The van der Waals surface area contributed by atoms with Gasteiger partial charge in [-0.1, -0.05) is 18.2 Å². The molecule has 2 heterocycles. The lowest BCUT2D eigenvalue weighted by Crippen LogP contribution is -2.08. The third-order valence-corrected chi connectivity index (χ3v) is 3.01. The van der Waals surface area contributed by atoms with Gasteiger partial charge in [0.1, 0.15) is 0 Å². The maximum absolute atomic E-state index is 8.14. The maximum Gasteiger partial charge on any atom is 0.182 e. The Bertz CT molecular complexity index is 612. The predicted octanol–water partition coefficient (Wildman–Crippen LogP) is 2.53. The van der Waals surface area contributed by atoms with Crippen molar-refractivity contribution >= 4 is 17.2 Å². The first-order valence-electron chi connectivity index (χ1n) is 6.04. The predicted molar refractivity (Wildman–Crippen MR) is 70.7 cm³/mol. The van der Waals surface area contributed by atoms with E-state index >= 15 is 0 Å². The van der Waals surface area contributed by atoms with Crippen molar-refractivity contribution in [2.45, 2.75) is 26.3 Å². The zero-order valence-electron chi connectivity index (χ0n) is 10.4. The first kappa shape index (κ1) is 11.0. The Morgan fingerprint density at radius 2 is 2.06 bits per heavy atom. The van der Waals surface area contributed by atoms with Crippen molar-refractivity contribution < 1.29 is 0 Å². The molecule has 1 aliphatic heterocycles. The zero-order valence-corrected chi connectivity index (χ0v) is 10.4. The van der Waals surface area contributed by atoms with Crippen LogP contribution in [0.5, 0.6) is 0 Å². The topological polar surface area (TPSA) is 66.6 Å². The lowest BCUT2D eigenvalue weighted by atomic mass is 10.1. The molecule has 92 valence electrons. The Morgan fingerprint density at radius 3 is 2.83 bits per heavy atom. The van der Waals surface area contributed by atoms with Crippen molar-refractivity contribution in [3.63, 3.8) is 0 Å². The van der Waals surface area contributed by atoms with E-state index in [1.54, 1.807) is 4.80 Å². The second-order valence-electron chi connectivity index (χ2n) is 4.75. The molecule has 18 heavy (non-hydrogen) atoms. The summed E-state index contributed by atoms with van der Waals surface area (Å²) in [4.78, 5) is 1.65. The third kappa shape index (κ3) is 1.68. The number of nitrogens with one attached hydrogen (secondary N) is 2. The number of nitrogens with zero attached hydrogens (tertiary/aromatic N) is 3. The van der Waals surface area contributed by atoms with Crippen molar-refractivity contribution in [1.82, 2.24) is 15.0 Å². The van der Waals surface area contributed by atoms with Gasteiger partial charge in [0.15, 0.2) is 11.5 Å². The molecule has 1 aliphatic rings. The van der Waals surface area contributed by atoms with Crippen LogP contribution < -0.4 is 5.32 Å². The van der Waals surface area contributed by atoms with E-state index in [0.717, 1.165) is 11.3 Å². The van der Waals surface area contributed by atoms with Crippen LogP contribution in [0.25, 0.3) is 0 Å². The van der Waals surface area contributed by atoms with Crippen LogP contribution in [-0.4, -0.2) is 20.7 Å². The quantitative estimate of drug-likeness (QED) is 0.806. The van der Waals surface area contributed by atoms with Gasteiger partial charge in [-0.2, -0.15) is 4.80 Å². The van der Waals surface area contributed by atoms with Crippen LogP contribution in [0, 0.1) is 5.41 Å². The Labute approximate surface area is 105 Å². The summed E-state index contributed by atoms with van der Waals surface area (Å²) >= 11 is 0. The second-order valence-corrected chi connectivity index (χ2v) is 4.75. The van der Waals surface area contributed by atoms with E-state index in [1.165, 1.54) is 0 Å². The number of aromatic nitrogens is 3. The summed E-state index contributed by atoms with van der Waals surface area (Å²) in [6, 6.07) is 8.19. The van der Waals surface area contributed by atoms with Gasteiger partial charge in [0.2, 0.25) is 0 Å². The smallest absolute Gasteiger partial charge is 0.182 e. The van der Waals surface area contributed by atoms with E-state index in [0.29, 0.717) is 23.6 Å². The normalized spacial score (nSPS) is 13.8. The summed E-state index contributed by atoms with van der Waals surface area (Å²) < 4.78 is 0. The standard InChI is InChI=1S/C13H15N5/c1-8(2)18-16-12-10(14)7-9-5-3-4-6-11(9)15-13(12)17-18/h3-6,8,14H,7H2,1-2H3,(H,15,17). The molecule has 1 aromatic heterocycles. The van der Waals surface area contributed by atoms with E-state index in [1.807, 2.05) is 38.1 Å². The second kappa shape index (κ2) is 3.94. The van der Waals surface area contributed by atoms with E-state index in [2.05, 4.69) is 15.5 Å². The summed E-state index contributed by atoms with van der Waals surface area (Å²) in [5.74, 6) is 0.679. The fraction of sp³-hybridized carbons (Fsp3) is 0.308. The average Bonchev–Trinajstić information content (AvgIpc) is 2.71. The third-order valence-electron chi connectivity index (χ3n) is 3.01. The van der Waals surface area contributed by atoms with Crippen LogP contribution >= 0.6 is 0 Å². The Morgan fingerprint density at radius 1 is 1.28 bits per heavy atom. The first-order chi connectivity index (χ1) is 8.65. The van der Waals surface area contributed by atoms with E-state index in [-0.39, 0.29) is 6.04 Å². The van der Waals surface area contributed by atoms with Crippen molar-refractivity contribution in [2.24, 2.45) is 0 Å². The number of fused-ring (bicyclic) bond motifs is 2. The number of benzene rings is 1. The van der Waals surface area contributed by atoms with Crippen LogP contribution in [0.2, 0.25) is 0 Å². The summed E-state index contributed by atoms with van der Waals surface area (Å²) in [5, 5.41) is 20.2. The number of para-hydroxylation sites is 1. The molecule has 2 N–H and O–H groups in total. The number of hydrogen-bond donors (Lipinski definition) is 2. The number of hydrogen-bond acceptors (Lipinski definition) is 4. The Balaban J connectivity index is 2.10. The van der Waals surface area contributed by atoms with Gasteiger partial charge >= 0.3 is 0 Å². The molecule has 0 saturated heterocycles. The first-order valence-corrected chi connectivity index (χ1v) is 6.04. The molecule has 2 aromatic rings. The zero-order chi connectivity index (χ0) is 12.7. The summed E-state index contributed by atoms with van der Waals surface area (Å²) in [6.07, 6.45) is 0.590. The number of rotatable bonds is 1. The van der Waals surface area contributed by atoms with Gasteiger partial charge in [0.25, 0.3) is 0 Å². The summed E-state index contributed by atoms with van der Waals surface area (Å²) in [6.45, 7) is 4.05. The SMILES string of the molecule is CC(C)n1nc2c(n1)C(=N)Cc1ccccc1N2. The Kier molecular flexibility index (Phi) is 2.40. The average molecular weight is 241 g/mol. The highest BCUT2D eigenvalue weighted by Crippen LogP contribution is 2.27. The monoisotopic (exact) mass is 241 g/mol. The summed E-state index contributed by atoms with van der Waals surface area (Å²) in [7, 11) is 0. The highest BCUT2D eigenvalue weighted by atomic mass is 15.5. The molecule has 0 radical (unpaired) electrons. The largest absolute Gasteiger partial charge is 0.337 e. The molecular formula is C13H15N5. The lowest BCUT2D eigenvalue weighted by molar-refractivity contribution is 0.466. The fourth-order valence-electron chi connectivity index (χ4n) is 2.04. The van der Waals surface area contributed by atoms with Crippen LogP contribution in [0.15, 0.2) is 24.3 Å². The molecule has 5 heteroatoms. The Hall–Kier alpha value is -2.17. The molecular weight excluding hydrogens is 226 g/mol. The van der Waals surface area contributed by atoms with Gasteiger partial charge in [-0.25, -0.2) is 0 Å². The van der Waals surface area contributed by atoms with Gasteiger partial charge in [0.05, 0.1) is 11.8 Å². The van der Waals surface area contributed by atoms with Crippen molar-refractivity contribution in [1.29, 1.82) is 5.41 Å². The van der Waals surface area contributed by atoms with E-state index in [4.69, 9.17) is 5.41 Å². The molecule has 0 fully saturated rings. The fourth-order valence-corrected chi connectivity index (χ4v) is 2.04. The molecule has 0 spiro atoms. The minimum absolute atomic E-state index is 0.196. The molecule has 1 aromatic carbocycles. The lowest BCUT2D eigenvalue weighted by Gasteiger charge is -2.06. The highest BCUT2D eigenvalue weighted by molar-refractivity contribution is 6.04. The van der Waals surface area contributed by atoms with E-state index in [9.17, 15) is 0 Å². The molecule has 3 rings (SSSR count). The summed E-state index contributed by atoms with van der Waals surface area (Å²) in [5.41, 5.74) is 3.28. The van der Waals surface area contributed by atoms with Gasteiger partial charge in [-0.3, -0.25) is 0 Å². The van der Waals surface area contributed by atoms with Crippen molar-refractivity contribution in [3.05, 3.63) is 35.5 Å². The van der Waals surface area contributed by atoms with E-state index < -0.39 is 0 Å². The highest BCUT2D eigenvalue weighted by Gasteiger charge is 2.22. The molecule has 0 saturated carbocycles. The van der Waals surface area contributed by atoms with Crippen LogP contribution in [0.4, 0.5) is 11.5 Å². The molecule has 0 atom stereocenters. The van der Waals surface area contributed by atoms with Crippen molar-refractivity contribution in [3.8, 4) is 0 Å². The molecule has 0 amide bonds. The van der Waals surface area contributed by atoms with Crippen LogP contribution in [0.1, 0.15) is 31.1 Å². The number of anilines is 2. The van der Waals surface area contributed by atoms with Gasteiger partial charge in [0, 0.05) is 12.1 Å². The van der Waals surface area contributed by atoms with Crippen LogP contribution in [-0.2, 0) is 6.42 Å². The minimum Gasteiger partial charge on any atom is -0.337 e. The van der Waals surface area contributed by atoms with Gasteiger partial charge in [-0.15, -0.1) is 10.2 Å². The molecule has 0 aliphatic carbocycles. The minimum atomic E-state index is 0.196. The van der Waals surface area contributed by atoms with Crippen LogP contribution in [0.3, 0.4) is 0 Å². The van der Waals surface area contributed by atoms with Gasteiger partial charge < -0.3 is 10.7 Å². The van der Waals surface area contributed by atoms with Crippen molar-refractivity contribution in [2.75, 3.05) is 5.32 Å². The maximum atomic E-state index is 8.14. The van der Waals surface area contributed by atoms with Gasteiger partial charge in [-0.05, 0) is 25.5 Å². The molecule has 0 bridgehead atoms. The molecule has 0 unspecified atom stereocenters. The molecule has 5 nitrogen and oxygen atoms in total.